The number of allylic oxidation sites excluding steroid dienone is 1. The fraction of sp³-hybridized carbons (Fsp3) is 0.786. The Bertz CT molecular complexity index is 282. The van der Waals surface area contributed by atoms with Gasteiger partial charge >= 0.3 is 0 Å². The van der Waals surface area contributed by atoms with Crippen LogP contribution in [-0.4, -0.2) is 25.5 Å². The molecule has 2 aliphatic carbocycles. The molecule has 0 aromatic rings. The lowest BCUT2D eigenvalue weighted by Crippen LogP contribution is -2.35. The third-order valence-corrected chi connectivity index (χ3v) is 3.57. The maximum atomic E-state index is 11.5. The number of hydrogen-bond donors (Lipinski definition) is 2. The zero-order valence-electron chi connectivity index (χ0n) is 10.6. The molecule has 2 N–H and O–H groups in total. The van der Waals surface area contributed by atoms with Gasteiger partial charge in [-0.15, -0.1) is 0 Å². The highest BCUT2D eigenvalue weighted by molar-refractivity contribution is 5.77. The normalized spacial score (nSPS) is 19.9. The van der Waals surface area contributed by atoms with Gasteiger partial charge in [0.15, 0.2) is 0 Å². The van der Waals surface area contributed by atoms with E-state index < -0.39 is 0 Å². The molecule has 0 aromatic heterocycles. The van der Waals surface area contributed by atoms with E-state index in [2.05, 4.69) is 16.7 Å². The van der Waals surface area contributed by atoms with Crippen molar-refractivity contribution in [2.45, 2.75) is 44.9 Å². The highest BCUT2D eigenvalue weighted by atomic mass is 16.1. The van der Waals surface area contributed by atoms with Crippen molar-refractivity contribution in [2.75, 3.05) is 19.6 Å². The average Bonchev–Trinajstić information content (AvgIpc) is 3.14. The maximum absolute atomic E-state index is 11.5. The van der Waals surface area contributed by atoms with Crippen molar-refractivity contribution in [3.8, 4) is 0 Å². The Balaban J connectivity index is 1.48. The molecule has 1 saturated carbocycles. The topological polar surface area (TPSA) is 41.1 Å². The second kappa shape index (κ2) is 6.80. The van der Waals surface area contributed by atoms with Crippen LogP contribution in [0.3, 0.4) is 0 Å². The molecule has 0 spiro atoms. The molecule has 2 rings (SSSR count). The van der Waals surface area contributed by atoms with Crippen molar-refractivity contribution >= 4 is 5.91 Å². The van der Waals surface area contributed by atoms with E-state index in [4.69, 9.17) is 0 Å². The van der Waals surface area contributed by atoms with Crippen molar-refractivity contribution < 1.29 is 4.79 Å². The molecule has 0 saturated heterocycles. The molecule has 0 radical (unpaired) electrons. The summed E-state index contributed by atoms with van der Waals surface area (Å²) in [6, 6.07) is 0. The number of carbonyl (C=O) groups is 1. The molecule has 0 unspecified atom stereocenters. The minimum absolute atomic E-state index is 0.141. The van der Waals surface area contributed by atoms with E-state index in [1.165, 1.54) is 44.1 Å². The van der Waals surface area contributed by atoms with Crippen LogP contribution in [0.1, 0.15) is 44.9 Å². The van der Waals surface area contributed by atoms with E-state index in [-0.39, 0.29) is 5.91 Å². The summed E-state index contributed by atoms with van der Waals surface area (Å²) in [6.45, 7) is 2.30. The van der Waals surface area contributed by atoms with E-state index in [0.29, 0.717) is 6.54 Å². The largest absolute Gasteiger partial charge is 0.355 e. The van der Waals surface area contributed by atoms with Gasteiger partial charge in [0, 0.05) is 6.54 Å². The smallest absolute Gasteiger partial charge is 0.233 e. The Hall–Kier alpha value is -0.830. The lowest BCUT2D eigenvalue weighted by atomic mass is 9.97. The molecule has 0 heterocycles. The van der Waals surface area contributed by atoms with E-state index in [0.717, 1.165) is 25.4 Å². The van der Waals surface area contributed by atoms with Gasteiger partial charge in [-0.2, -0.15) is 0 Å². The first-order valence-corrected chi connectivity index (χ1v) is 7.00. The van der Waals surface area contributed by atoms with Crippen LogP contribution in [0, 0.1) is 5.92 Å². The zero-order valence-corrected chi connectivity index (χ0v) is 10.6. The molecular formula is C14H24N2O. The van der Waals surface area contributed by atoms with Crippen LogP contribution in [0.2, 0.25) is 0 Å². The molecule has 0 atom stereocenters. The van der Waals surface area contributed by atoms with Crippen molar-refractivity contribution in [3.63, 3.8) is 0 Å². The molecular weight excluding hydrogens is 212 g/mol. The van der Waals surface area contributed by atoms with E-state index in [9.17, 15) is 4.79 Å². The third-order valence-electron chi connectivity index (χ3n) is 3.57. The molecule has 0 bridgehead atoms. The van der Waals surface area contributed by atoms with Crippen molar-refractivity contribution in [2.24, 2.45) is 5.92 Å². The summed E-state index contributed by atoms with van der Waals surface area (Å²) in [5.41, 5.74) is 1.53. The maximum Gasteiger partial charge on any atom is 0.233 e. The fourth-order valence-electron chi connectivity index (χ4n) is 2.27. The monoisotopic (exact) mass is 236 g/mol. The van der Waals surface area contributed by atoms with Crippen LogP contribution in [0.4, 0.5) is 0 Å². The predicted octanol–water partition coefficient (Wildman–Crippen LogP) is 1.99. The van der Waals surface area contributed by atoms with Gasteiger partial charge < -0.3 is 10.6 Å². The second-order valence-corrected chi connectivity index (χ2v) is 5.28. The van der Waals surface area contributed by atoms with Gasteiger partial charge in [0.1, 0.15) is 0 Å². The van der Waals surface area contributed by atoms with Crippen LogP contribution in [0.15, 0.2) is 11.6 Å². The van der Waals surface area contributed by atoms with Crippen LogP contribution >= 0.6 is 0 Å². The first kappa shape index (κ1) is 12.6. The summed E-state index contributed by atoms with van der Waals surface area (Å²) >= 11 is 0. The molecule has 0 aliphatic heterocycles. The Labute approximate surface area is 104 Å². The van der Waals surface area contributed by atoms with Crippen molar-refractivity contribution in [3.05, 3.63) is 11.6 Å². The number of hydrogen-bond acceptors (Lipinski definition) is 2. The molecule has 3 nitrogen and oxygen atoms in total. The number of nitrogens with one attached hydrogen (secondary N) is 2. The second-order valence-electron chi connectivity index (χ2n) is 5.28. The fourth-order valence-corrected chi connectivity index (χ4v) is 2.27. The summed E-state index contributed by atoms with van der Waals surface area (Å²) < 4.78 is 0. The zero-order chi connectivity index (χ0) is 11.9. The predicted molar refractivity (Wildman–Crippen MR) is 69.8 cm³/mol. The number of amides is 1. The van der Waals surface area contributed by atoms with Crippen molar-refractivity contribution in [1.82, 2.24) is 10.6 Å². The molecule has 1 fully saturated rings. The Morgan fingerprint density at radius 2 is 2.24 bits per heavy atom. The van der Waals surface area contributed by atoms with Gasteiger partial charge in [-0.1, -0.05) is 11.6 Å². The van der Waals surface area contributed by atoms with E-state index in [1.54, 1.807) is 0 Å². The number of rotatable bonds is 7. The minimum atomic E-state index is 0.141. The van der Waals surface area contributed by atoms with Crippen LogP contribution in [-0.2, 0) is 4.79 Å². The number of carbonyl (C=O) groups excluding carboxylic acids is 1. The lowest BCUT2D eigenvalue weighted by molar-refractivity contribution is -0.120. The summed E-state index contributed by atoms with van der Waals surface area (Å²) in [5.74, 6) is 0.984. The SMILES string of the molecule is O=C(CNCC1CC1)NCCC1=CCCCC1. The van der Waals surface area contributed by atoms with Gasteiger partial charge in [-0.05, 0) is 57.4 Å². The lowest BCUT2D eigenvalue weighted by Gasteiger charge is -2.13. The van der Waals surface area contributed by atoms with Gasteiger partial charge in [0.05, 0.1) is 6.54 Å². The van der Waals surface area contributed by atoms with Gasteiger partial charge in [0.2, 0.25) is 5.91 Å². The highest BCUT2D eigenvalue weighted by Crippen LogP contribution is 2.27. The molecule has 3 heteroatoms. The quantitative estimate of drug-likeness (QED) is 0.664. The van der Waals surface area contributed by atoms with Gasteiger partial charge in [-0.25, -0.2) is 0 Å². The Kier molecular flexibility index (Phi) is 5.05. The minimum Gasteiger partial charge on any atom is -0.355 e. The van der Waals surface area contributed by atoms with Gasteiger partial charge in [-0.3, -0.25) is 4.79 Å². The molecule has 96 valence electrons. The Morgan fingerprint density at radius 3 is 2.94 bits per heavy atom. The summed E-state index contributed by atoms with van der Waals surface area (Å²) in [7, 11) is 0. The Morgan fingerprint density at radius 1 is 1.35 bits per heavy atom. The highest BCUT2D eigenvalue weighted by Gasteiger charge is 2.20. The molecule has 17 heavy (non-hydrogen) atoms. The summed E-state index contributed by atoms with van der Waals surface area (Å²) in [5, 5.41) is 6.19. The van der Waals surface area contributed by atoms with Crippen LogP contribution in [0.5, 0.6) is 0 Å². The summed E-state index contributed by atoms with van der Waals surface area (Å²) in [4.78, 5) is 11.5. The first-order valence-electron chi connectivity index (χ1n) is 7.00. The van der Waals surface area contributed by atoms with Crippen LogP contribution in [0.25, 0.3) is 0 Å². The average molecular weight is 236 g/mol. The third kappa shape index (κ3) is 5.35. The first-order chi connectivity index (χ1) is 8.34. The molecule has 0 aromatic carbocycles. The van der Waals surface area contributed by atoms with E-state index in [1.807, 2.05) is 0 Å². The standard InChI is InChI=1S/C14H24N2O/c17-14(11-15-10-13-6-7-13)16-9-8-12-4-2-1-3-5-12/h4,13,15H,1-3,5-11H2,(H,16,17). The van der Waals surface area contributed by atoms with Gasteiger partial charge in [0.25, 0.3) is 0 Å². The van der Waals surface area contributed by atoms with Crippen LogP contribution < -0.4 is 10.6 Å². The van der Waals surface area contributed by atoms with Crippen molar-refractivity contribution in [1.29, 1.82) is 0 Å². The molecule has 2 aliphatic rings. The summed E-state index contributed by atoms with van der Waals surface area (Å²) in [6.07, 6.45) is 11.2. The molecule has 1 amide bonds. The van der Waals surface area contributed by atoms with E-state index >= 15 is 0 Å².